The average molecular weight is 463 g/mol. The highest BCUT2D eigenvalue weighted by molar-refractivity contribution is 9.10. The topological polar surface area (TPSA) is 87.0 Å². The van der Waals surface area contributed by atoms with Gasteiger partial charge >= 0.3 is 0 Å². The number of carbonyl (C=O) groups is 3. The van der Waals surface area contributed by atoms with Crippen molar-refractivity contribution in [3.63, 3.8) is 0 Å². The summed E-state index contributed by atoms with van der Waals surface area (Å²) in [6.45, 7) is 3.00. The van der Waals surface area contributed by atoms with Crippen LogP contribution in [0, 0.1) is 0 Å². The lowest BCUT2D eigenvalue weighted by Gasteiger charge is -2.48. The number of amides is 3. The number of carbonyl (C=O) groups excluding carboxylic acids is 3. The Kier molecular flexibility index (Phi) is 5.77. The van der Waals surface area contributed by atoms with Gasteiger partial charge in [0.2, 0.25) is 11.8 Å². The van der Waals surface area contributed by atoms with Crippen LogP contribution in [0.4, 0.5) is 5.69 Å². The number of imide groups is 1. The fourth-order valence-corrected chi connectivity index (χ4v) is 5.27. The molecule has 4 rings (SSSR count). The fraction of sp³-hybridized carbons (Fsp3) is 0.571. The normalized spacial score (nSPS) is 26.1. The van der Waals surface area contributed by atoms with Gasteiger partial charge in [-0.05, 0) is 63.0 Å². The number of anilines is 1. The fourth-order valence-electron chi connectivity index (χ4n) is 5.01. The van der Waals surface area contributed by atoms with Gasteiger partial charge in [-0.3, -0.25) is 24.2 Å². The minimum absolute atomic E-state index is 0.176. The molecule has 2 N–H and O–H groups in total. The van der Waals surface area contributed by atoms with Crippen LogP contribution in [0.15, 0.2) is 28.7 Å². The van der Waals surface area contributed by atoms with E-state index in [0.717, 1.165) is 30.4 Å². The summed E-state index contributed by atoms with van der Waals surface area (Å²) in [5, 5.41) is 0. The number of rotatable bonds is 4. The van der Waals surface area contributed by atoms with Crippen molar-refractivity contribution in [2.45, 2.75) is 50.1 Å². The van der Waals surface area contributed by atoms with E-state index in [9.17, 15) is 14.4 Å². The highest BCUT2D eigenvalue weighted by atomic mass is 79.9. The first kappa shape index (κ1) is 20.5. The first-order valence-corrected chi connectivity index (χ1v) is 11.1. The van der Waals surface area contributed by atoms with Crippen LogP contribution < -0.4 is 10.6 Å². The Morgan fingerprint density at radius 2 is 1.62 bits per heavy atom. The number of primary amides is 1. The number of nitrogens with two attached hydrogens (primary N) is 1. The van der Waals surface area contributed by atoms with E-state index in [1.807, 2.05) is 12.1 Å². The summed E-state index contributed by atoms with van der Waals surface area (Å²) in [5.41, 5.74) is 5.84. The van der Waals surface area contributed by atoms with E-state index in [1.54, 1.807) is 12.1 Å². The molecule has 1 atom stereocenters. The monoisotopic (exact) mass is 462 g/mol. The van der Waals surface area contributed by atoms with Crippen LogP contribution in [0.25, 0.3) is 0 Å². The standard InChI is InChI=1S/C21H27BrN4O3/c22-15-4-6-16(7-5-15)26-18(27)14-17(19(26)28)24-12-8-21(9-13-24,20(23)29)25-10-2-1-3-11-25/h4-7,17H,1-3,8-14H2,(H2,23,29)/t17-/m0/s1. The highest BCUT2D eigenvalue weighted by Gasteiger charge is 2.49. The maximum Gasteiger partial charge on any atom is 0.251 e. The first-order valence-electron chi connectivity index (χ1n) is 10.3. The van der Waals surface area contributed by atoms with Gasteiger partial charge in [0.1, 0.15) is 5.54 Å². The zero-order valence-corrected chi connectivity index (χ0v) is 18.1. The first-order chi connectivity index (χ1) is 13.9. The number of nitrogens with zero attached hydrogens (tertiary/aromatic N) is 3. The van der Waals surface area contributed by atoms with Gasteiger partial charge in [-0.25, -0.2) is 4.90 Å². The molecule has 1 aromatic carbocycles. The van der Waals surface area contributed by atoms with Gasteiger partial charge in [0.15, 0.2) is 0 Å². The molecule has 156 valence electrons. The summed E-state index contributed by atoms with van der Waals surface area (Å²) < 4.78 is 0.897. The Labute approximate surface area is 179 Å². The van der Waals surface area contributed by atoms with E-state index >= 15 is 0 Å². The predicted octanol–water partition coefficient (Wildman–Crippen LogP) is 1.89. The second-order valence-corrected chi connectivity index (χ2v) is 9.16. The third-order valence-corrected chi connectivity index (χ3v) is 7.22. The molecule has 0 radical (unpaired) electrons. The second-order valence-electron chi connectivity index (χ2n) is 8.24. The number of likely N-dealkylation sites (tertiary alicyclic amines) is 2. The molecule has 3 amide bonds. The lowest BCUT2D eigenvalue weighted by Crippen LogP contribution is -2.64. The lowest BCUT2D eigenvalue weighted by atomic mass is 9.83. The van der Waals surface area contributed by atoms with E-state index in [0.29, 0.717) is 31.6 Å². The summed E-state index contributed by atoms with van der Waals surface area (Å²) in [6, 6.07) is 6.73. The summed E-state index contributed by atoms with van der Waals surface area (Å²) in [4.78, 5) is 43.7. The van der Waals surface area contributed by atoms with Gasteiger partial charge in [-0.1, -0.05) is 22.4 Å². The van der Waals surface area contributed by atoms with Gasteiger partial charge in [-0.15, -0.1) is 0 Å². The van der Waals surface area contributed by atoms with Crippen molar-refractivity contribution in [1.29, 1.82) is 0 Å². The van der Waals surface area contributed by atoms with Crippen molar-refractivity contribution in [3.8, 4) is 0 Å². The Morgan fingerprint density at radius 1 is 1.00 bits per heavy atom. The average Bonchev–Trinajstić information content (AvgIpc) is 3.03. The number of benzene rings is 1. The molecule has 0 unspecified atom stereocenters. The molecule has 3 aliphatic heterocycles. The zero-order chi connectivity index (χ0) is 20.6. The Morgan fingerprint density at radius 3 is 2.21 bits per heavy atom. The summed E-state index contributed by atoms with van der Waals surface area (Å²) in [5.74, 6) is -0.615. The molecule has 7 nitrogen and oxygen atoms in total. The molecule has 3 aliphatic rings. The summed E-state index contributed by atoms with van der Waals surface area (Å²) in [6.07, 6.45) is 4.79. The molecule has 3 saturated heterocycles. The van der Waals surface area contributed by atoms with Crippen molar-refractivity contribution >= 4 is 39.3 Å². The zero-order valence-electron chi connectivity index (χ0n) is 16.5. The van der Waals surface area contributed by atoms with Crippen molar-refractivity contribution < 1.29 is 14.4 Å². The van der Waals surface area contributed by atoms with Gasteiger partial charge in [0, 0.05) is 17.6 Å². The van der Waals surface area contributed by atoms with Crippen molar-refractivity contribution in [3.05, 3.63) is 28.7 Å². The van der Waals surface area contributed by atoms with Crippen LogP contribution in [0.2, 0.25) is 0 Å². The molecule has 3 heterocycles. The van der Waals surface area contributed by atoms with Crippen molar-refractivity contribution in [2.24, 2.45) is 5.73 Å². The van der Waals surface area contributed by atoms with Gasteiger partial charge in [-0.2, -0.15) is 0 Å². The second kappa shape index (κ2) is 8.16. The van der Waals surface area contributed by atoms with Crippen LogP contribution in [0.1, 0.15) is 38.5 Å². The van der Waals surface area contributed by atoms with Crippen molar-refractivity contribution in [2.75, 3.05) is 31.1 Å². The molecule has 29 heavy (non-hydrogen) atoms. The molecular formula is C21H27BrN4O3. The molecule has 1 aromatic rings. The maximum absolute atomic E-state index is 13.0. The third-order valence-electron chi connectivity index (χ3n) is 6.69. The Bertz CT molecular complexity index is 799. The minimum atomic E-state index is -0.617. The van der Waals surface area contributed by atoms with Crippen LogP contribution in [-0.4, -0.2) is 65.3 Å². The number of hydrogen-bond acceptors (Lipinski definition) is 5. The van der Waals surface area contributed by atoms with Crippen LogP contribution in [0.3, 0.4) is 0 Å². The third kappa shape index (κ3) is 3.73. The quantitative estimate of drug-likeness (QED) is 0.690. The predicted molar refractivity (Wildman–Crippen MR) is 113 cm³/mol. The Hall–Kier alpha value is -1.77. The van der Waals surface area contributed by atoms with Crippen LogP contribution in [-0.2, 0) is 14.4 Å². The molecule has 8 heteroatoms. The number of halogens is 1. The molecule has 3 fully saturated rings. The van der Waals surface area contributed by atoms with Crippen molar-refractivity contribution in [1.82, 2.24) is 9.80 Å². The molecule has 0 spiro atoms. The number of hydrogen-bond donors (Lipinski definition) is 1. The molecule has 0 aromatic heterocycles. The summed E-state index contributed by atoms with van der Waals surface area (Å²) >= 11 is 3.38. The molecular weight excluding hydrogens is 436 g/mol. The van der Waals surface area contributed by atoms with Gasteiger partial charge in [0.05, 0.1) is 18.2 Å². The van der Waals surface area contributed by atoms with E-state index in [-0.39, 0.29) is 24.1 Å². The molecule has 0 aliphatic carbocycles. The Balaban J connectivity index is 1.47. The van der Waals surface area contributed by atoms with E-state index < -0.39 is 11.6 Å². The molecule has 0 saturated carbocycles. The largest absolute Gasteiger partial charge is 0.368 e. The van der Waals surface area contributed by atoms with E-state index in [1.165, 1.54) is 11.3 Å². The van der Waals surface area contributed by atoms with Crippen LogP contribution >= 0.6 is 15.9 Å². The van der Waals surface area contributed by atoms with E-state index in [2.05, 4.69) is 25.7 Å². The van der Waals surface area contributed by atoms with Gasteiger partial charge in [0.25, 0.3) is 5.91 Å². The lowest BCUT2D eigenvalue weighted by molar-refractivity contribution is -0.136. The van der Waals surface area contributed by atoms with Gasteiger partial charge < -0.3 is 5.73 Å². The smallest absolute Gasteiger partial charge is 0.251 e. The van der Waals surface area contributed by atoms with Crippen LogP contribution in [0.5, 0.6) is 0 Å². The minimum Gasteiger partial charge on any atom is -0.368 e. The SMILES string of the molecule is NC(=O)C1(N2CCCCC2)CCN([C@H]2CC(=O)N(c3ccc(Br)cc3)C2=O)CC1. The maximum atomic E-state index is 13.0. The summed E-state index contributed by atoms with van der Waals surface area (Å²) in [7, 11) is 0. The van der Waals surface area contributed by atoms with E-state index in [4.69, 9.17) is 5.73 Å². The highest BCUT2D eigenvalue weighted by Crippen LogP contribution is 2.34. The number of piperidine rings is 2. The molecule has 0 bridgehead atoms.